The second kappa shape index (κ2) is 8.55. The number of carbonyl (C=O) groups excluding carboxylic acids is 2. The highest BCUT2D eigenvalue weighted by molar-refractivity contribution is 8.00. The SMILES string of the molecule is COC(=O)[C@@H](C)Sc1ccccc1C(=O)N[C@@H](C)c1ccccc1. The van der Waals surface area contributed by atoms with Crippen molar-refractivity contribution in [3.8, 4) is 0 Å². The summed E-state index contributed by atoms with van der Waals surface area (Å²) in [6.45, 7) is 3.71. The number of thioether (sulfide) groups is 1. The van der Waals surface area contributed by atoms with Gasteiger partial charge in [0.05, 0.1) is 18.7 Å². The summed E-state index contributed by atoms with van der Waals surface area (Å²) in [7, 11) is 1.36. The highest BCUT2D eigenvalue weighted by Gasteiger charge is 2.20. The van der Waals surface area contributed by atoms with Gasteiger partial charge in [0.25, 0.3) is 5.91 Å². The highest BCUT2D eigenvalue weighted by Crippen LogP contribution is 2.28. The van der Waals surface area contributed by atoms with Gasteiger partial charge >= 0.3 is 5.97 Å². The molecule has 0 aliphatic carbocycles. The lowest BCUT2D eigenvalue weighted by molar-refractivity contribution is -0.139. The van der Waals surface area contributed by atoms with Crippen LogP contribution in [0.4, 0.5) is 0 Å². The molecule has 2 aromatic carbocycles. The molecule has 0 heterocycles. The smallest absolute Gasteiger partial charge is 0.318 e. The first kappa shape index (κ1) is 18.1. The summed E-state index contributed by atoms with van der Waals surface area (Å²) in [6.07, 6.45) is 0. The average Bonchev–Trinajstić information content (AvgIpc) is 2.62. The molecule has 1 amide bonds. The van der Waals surface area contributed by atoms with Crippen molar-refractivity contribution < 1.29 is 14.3 Å². The predicted molar refractivity (Wildman–Crippen MR) is 96.1 cm³/mol. The lowest BCUT2D eigenvalue weighted by atomic mass is 10.1. The maximum absolute atomic E-state index is 12.6. The van der Waals surface area contributed by atoms with Crippen molar-refractivity contribution >= 4 is 23.6 Å². The second-order valence-electron chi connectivity index (χ2n) is 5.39. The second-order valence-corrected chi connectivity index (χ2v) is 6.77. The number of ether oxygens (including phenoxy) is 1. The molecule has 0 radical (unpaired) electrons. The van der Waals surface area contributed by atoms with Crippen LogP contribution in [0.15, 0.2) is 59.5 Å². The maximum Gasteiger partial charge on any atom is 0.318 e. The number of hydrogen-bond acceptors (Lipinski definition) is 4. The van der Waals surface area contributed by atoms with Crippen LogP contribution in [0.2, 0.25) is 0 Å². The van der Waals surface area contributed by atoms with Gasteiger partial charge in [0.15, 0.2) is 0 Å². The minimum atomic E-state index is -0.379. The average molecular weight is 343 g/mol. The molecule has 0 unspecified atom stereocenters. The molecule has 2 atom stereocenters. The monoisotopic (exact) mass is 343 g/mol. The molecule has 4 nitrogen and oxygen atoms in total. The number of amides is 1. The van der Waals surface area contributed by atoms with Crippen LogP contribution in [0.5, 0.6) is 0 Å². The molecule has 0 saturated heterocycles. The summed E-state index contributed by atoms with van der Waals surface area (Å²) in [4.78, 5) is 25.0. The number of methoxy groups -OCH3 is 1. The standard InChI is InChI=1S/C19H21NO3S/c1-13(15-9-5-4-6-10-15)20-18(21)16-11-7-8-12-17(16)24-14(2)19(22)23-3/h4-14H,1-3H3,(H,20,21)/t13-,14+/m0/s1. The summed E-state index contributed by atoms with van der Waals surface area (Å²) in [5.41, 5.74) is 1.60. The Kier molecular flexibility index (Phi) is 6.44. The number of rotatable bonds is 6. The van der Waals surface area contributed by atoms with Crippen molar-refractivity contribution in [2.24, 2.45) is 0 Å². The van der Waals surface area contributed by atoms with Crippen molar-refractivity contribution in [3.05, 3.63) is 65.7 Å². The van der Waals surface area contributed by atoms with Crippen LogP contribution in [-0.4, -0.2) is 24.2 Å². The van der Waals surface area contributed by atoms with Gasteiger partial charge in [-0.2, -0.15) is 0 Å². The van der Waals surface area contributed by atoms with Gasteiger partial charge in [0, 0.05) is 4.90 Å². The molecule has 0 aromatic heterocycles. The molecule has 2 aromatic rings. The Morgan fingerprint density at radius 2 is 1.62 bits per heavy atom. The molecule has 24 heavy (non-hydrogen) atoms. The minimum Gasteiger partial charge on any atom is -0.468 e. The van der Waals surface area contributed by atoms with E-state index in [1.807, 2.05) is 55.5 Å². The van der Waals surface area contributed by atoms with Gasteiger partial charge in [-0.1, -0.05) is 42.5 Å². The Morgan fingerprint density at radius 3 is 2.29 bits per heavy atom. The van der Waals surface area contributed by atoms with Gasteiger partial charge < -0.3 is 10.1 Å². The van der Waals surface area contributed by atoms with Gasteiger partial charge in [-0.3, -0.25) is 9.59 Å². The zero-order valence-corrected chi connectivity index (χ0v) is 14.8. The molecule has 1 N–H and O–H groups in total. The third-order valence-electron chi connectivity index (χ3n) is 3.62. The molecule has 2 rings (SSSR count). The first-order valence-corrected chi connectivity index (χ1v) is 8.60. The fourth-order valence-corrected chi connectivity index (χ4v) is 3.28. The molecular formula is C19H21NO3S. The molecule has 0 spiro atoms. The Morgan fingerprint density at radius 1 is 1.00 bits per heavy atom. The number of carbonyl (C=O) groups is 2. The van der Waals surface area contributed by atoms with E-state index in [4.69, 9.17) is 4.74 Å². The Hall–Kier alpha value is -2.27. The molecular weight excluding hydrogens is 322 g/mol. The van der Waals surface area contributed by atoms with Crippen LogP contribution in [0, 0.1) is 0 Å². The Balaban J connectivity index is 2.13. The van der Waals surface area contributed by atoms with Crippen LogP contribution in [0.3, 0.4) is 0 Å². The summed E-state index contributed by atoms with van der Waals surface area (Å²) in [5, 5.41) is 2.62. The zero-order chi connectivity index (χ0) is 17.5. The van der Waals surface area contributed by atoms with Crippen LogP contribution < -0.4 is 5.32 Å². The Labute approximate surface area is 146 Å². The molecule has 0 fully saturated rings. The van der Waals surface area contributed by atoms with E-state index in [0.717, 1.165) is 10.5 Å². The summed E-state index contributed by atoms with van der Waals surface area (Å²) < 4.78 is 4.75. The van der Waals surface area contributed by atoms with Crippen LogP contribution in [-0.2, 0) is 9.53 Å². The third kappa shape index (κ3) is 4.61. The number of benzene rings is 2. The van der Waals surface area contributed by atoms with Crippen molar-refractivity contribution in [3.63, 3.8) is 0 Å². The normalized spacial score (nSPS) is 13.0. The zero-order valence-electron chi connectivity index (χ0n) is 14.0. The van der Waals surface area contributed by atoms with E-state index in [1.165, 1.54) is 18.9 Å². The van der Waals surface area contributed by atoms with E-state index >= 15 is 0 Å². The van der Waals surface area contributed by atoms with E-state index < -0.39 is 0 Å². The van der Waals surface area contributed by atoms with E-state index in [2.05, 4.69) is 5.32 Å². The first-order chi connectivity index (χ1) is 11.5. The highest BCUT2D eigenvalue weighted by atomic mass is 32.2. The van der Waals surface area contributed by atoms with Crippen molar-refractivity contribution in [1.29, 1.82) is 0 Å². The van der Waals surface area contributed by atoms with Gasteiger partial charge in [-0.25, -0.2) is 0 Å². The molecule has 5 heteroatoms. The quantitative estimate of drug-likeness (QED) is 0.640. The van der Waals surface area contributed by atoms with E-state index in [9.17, 15) is 9.59 Å². The lowest BCUT2D eigenvalue weighted by Crippen LogP contribution is -2.27. The first-order valence-electron chi connectivity index (χ1n) is 7.72. The van der Waals surface area contributed by atoms with Crippen molar-refractivity contribution in [2.45, 2.75) is 30.0 Å². The van der Waals surface area contributed by atoms with Gasteiger partial charge in [-0.15, -0.1) is 11.8 Å². The fourth-order valence-electron chi connectivity index (χ4n) is 2.26. The number of esters is 1. The topological polar surface area (TPSA) is 55.4 Å². The Bertz CT molecular complexity index is 703. The van der Waals surface area contributed by atoms with Crippen LogP contribution in [0.1, 0.15) is 35.8 Å². The molecule has 0 saturated carbocycles. The summed E-state index contributed by atoms with van der Waals surface area (Å²) in [5.74, 6) is -0.473. The maximum atomic E-state index is 12.6. The van der Waals surface area contributed by atoms with Crippen molar-refractivity contribution in [2.75, 3.05) is 7.11 Å². The van der Waals surface area contributed by atoms with Gasteiger partial charge in [0.2, 0.25) is 0 Å². The number of hydrogen-bond donors (Lipinski definition) is 1. The fraction of sp³-hybridized carbons (Fsp3) is 0.263. The van der Waals surface area contributed by atoms with Crippen LogP contribution >= 0.6 is 11.8 Å². The molecule has 0 aliphatic rings. The summed E-state index contributed by atoms with van der Waals surface area (Å²) in [6, 6.07) is 17.0. The van der Waals surface area contributed by atoms with E-state index in [0.29, 0.717) is 5.56 Å². The van der Waals surface area contributed by atoms with Crippen molar-refractivity contribution in [1.82, 2.24) is 5.32 Å². The van der Waals surface area contributed by atoms with Gasteiger partial charge in [-0.05, 0) is 31.5 Å². The number of nitrogens with one attached hydrogen (secondary N) is 1. The molecule has 126 valence electrons. The largest absolute Gasteiger partial charge is 0.468 e. The van der Waals surface area contributed by atoms with Crippen LogP contribution in [0.25, 0.3) is 0 Å². The minimum absolute atomic E-state index is 0.102. The van der Waals surface area contributed by atoms with Gasteiger partial charge in [0.1, 0.15) is 5.25 Å². The summed E-state index contributed by atoms with van der Waals surface area (Å²) >= 11 is 1.32. The predicted octanol–water partition coefficient (Wildman–Crippen LogP) is 3.83. The van der Waals surface area contributed by atoms with E-state index in [1.54, 1.807) is 13.0 Å². The third-order valence-corrected chi connectivity index (χ3v) is 4.77. The van der Waals surface area contributed by atoms with E-state index in [-0.39, 0.29) is 23.2 Å². The lowest BCUT2D eigenvalue weighted by Gasteiger charge is -2.17. The molecule has 0 bridgehead atoms. The molecule has 0 aliphatic heterocycles.